The molecule has 0 aliphatic carbocycles. The molecule has 0 atom stereocenters. The summed E-state index contributed by atoms with van der Waals surface area (Å²) in [6.45, 7) is 1.85. The molecule has 5 heteroatoms. The van der Waals surface area contributed by atoms with Crippen LogP contribution >= 0.6 is 11.3 Å². The second-order valence-corrected chi connectivity index (χ2v) is 5.88. The molecule has 1 aliphatic rings. The van der Waals surface area contributed by atoms with Gasteiger partial charge < -0.3 is 5.73 Å². The first-order valence-electron chi connectivity index (χ1n) is 6.58. The number of hydrazine groups is 1. The third-order valence-corrected chi connectivity index (χ3v) is 4.64. The van der Waals surface area contributed by atoms with Crippen LogP contribution in [0.5, 0.6) is 0 Å². The first kappa shape index (κ1) is 12.4. The van der Waals surface area contributed by atoms with Gasteiger partial charge in [0.15, 0.2) is 0 Å². The first-order valence-corrected chi connectivity index (χ1v) is 7.40. The Morgan fingerprint density at radius 2 is 1.95 bits per heavy atom. The van der Waals surface area contributed by atoms with E-state index in [1.807, 2.05) is 29.3 Å². The smallest absolute Gasteiger partial charge is 0.277 e. The molecule has 4 nitrogen and oxygen atoms in total. The molecular formula is C14H17N3OS. The number of carbonyl (C=O) groups is 1. The van der Waals surface area contributed by atoms with Gasteiger partial charge in [-0.3, -0.25) is 10.2 Å². The second-order valence-electron chi connectivity index (χ2n) is 4.83. The number of nitrogen functional groups attached to an aromatic ring is 1. The van der Waals surface area contributed by atoms with Gasteiger partial charge in [-0.2, -0.15) is 0 Å². The SMILES string of the molecule is Nc1c(C(=O)NN2CCCCC2)sc2ccccc12. The average Bonchev–Trinajstić information content (AvgIpc) is 2.78. The van der Waals surface area contributed by atoms with E-state index in [0.29, 0.717) is 10.6 Å². The minimum absolute atomic E-state index is 0.0828. The molecule has 0 bridgehead atoms. The standard InChI is InChI=1S/C14H17N3OS/c15-12-10-6-2-3-7-11(10)19-13(12)14(18)16-17-8-4-1-5-9-17/h2-3,6-7H,1,4-5,8-9,15H2,(H,16,18). The number of piperidine rings is 1. The quantitative estimate of drug-likeness (QED) is 0.885. The van der Waals surface area contributed by atoms with Crippen LogP contribution in [0.2, 0.25) is 0 Å². The van der Waals surface area contributed by atoms with E-state index in [4.69, 9.17) is 5.73 Å². The van der Waals surface area contributed by atoms with Crippen LogP contribution in [0.1, 0.15) is 28.9 Å². The summed E-state index contributed by atoms with van der Waals surface area (Å²) in [6, 6.07) is 7.86. The number of fused-ring (bicyclic) bond motifs is 1. The van der Waals surface area contributed by atoms with Crippen LogP contribution in [0.15, 0.2) is 24.3 Å². The monoisotopic (exact) mass is 275 g/mol. The summed E-state index contributed by atoms with van der Waals surface area (Å²) in [4.78, 5) is 12.9. The molecule has 100 valence electrons. The lowest BCUT2D eigenvalue weighted by atomic mass is 10.2. The zero-order chi connectivity index (χ0) is 13.2. The van der Waals surface area contributed by atoms with Crippen LogP contribution in [0, 0.1) is 0 Å². The van der Waals surface area contributed by atoms with Crippen molar-refractivity contribution in [1.82, 2.24) is 10.4 Å². The van der Waals surface area contributed by atoms with Crippen molar-refractivity contribution in [3.8, 4) is 0 Å². The Kier molecular flexibility index (Phi) is 3.40. The van der Waals surface area contributed by atoms with Gasteiger partial charge in [-0.15, -0.1) is 11.3 Å². The van der Waals surface area contributed by atoms with Crippen molar-refractivity contribution in [3.63, 3.8) is 0 Å². The molecule has 1 aromatic carbocycles. The molecule has 1 amide bonds. The van der Waals surface area contributed by atoms with E-state index in [1.165, 1.54) is 17.8 Å². The minimum atomic E-state index is -0.0828. The lowest BCUT2D eigenvalue weighted by Crippen LogP contribution is -2.44. The molecular weight excluding hydrogens is 258 g/mol. The fourth-order valence-electron chi connectivity index (χ4n) is 2.43. The zero-order valence-electron chi connectivity index (χ0n) is 10.7. The number of benzene rings is 1. The largest absolute Gasteiger partial charge is 0.397 e. The van der Waals surface area contributed by atoms with Gasteiger partial charge in [0.05, 0.1) is 5.69 Å². The number of amides is 1. The van der Waals surface area contributed by atoms with Crippen molar-refractivity contribution >= 4 is 33.0 Å². The highest BCUT2D eigenvalue weighted by atomic mass is 32.1. The summed E-state index contributed by atoms with van der Waals surface area (Å²) in [6.07, 6.45) is 3.53. The Balaban J connectivity index is 1.83. The molecule has 1 aromatic heterocycles. The molecule has 0 unspecified atom stereocenters. The maximum atomic E-state index is 12.3. The van der Waals surface area contributed by atoms with E-state index >= 15 is 0 Å². The normalized spacial score (nSPS) is 16.6. The summed E-state index contributed by atoms with van der Waals surface area (Å²) in [5, 5.41) is 2.96. The molecule has 0 radical (unpaired) electrons. The maximum absolute atomic E-state index is 12.3. The summed E-state index contributed by atoms with van der Waals surface area (Å²) >= 11 is 1.46. The molecule has 1 saturated heterocycles. The van der Waals surface area contributed by atoms with E-state index < -0.39 is 0 Å². The number of carbonyl (C=O) groups excluding carboxylic acids is 1. The van der Waals surface area contributed by atoms with Crippen molar-refractivity contribution in [2.24, 2.45) is 0 Å². The topological polar surface area (TPSA) is 58.4 Å². The number of hydrogen-bond donors (Lipinski definition) is 2. The van der Waals surface area contributed by atoms with Gasteiger partial charge in [0, 0.05) is 23.2 Å². The van der Waals surface area contributed by atoms with Gasteiger partial charge >= 0.3 is 0 Å². The number of nitrogens with one attached hydrogen (secondary N) is 1. The van der Waals surface area contributed by atoms with E-state index in [0.717, 1.165) is 36.0 Å². The second kappa shape index (κ2) is 5.19. The van der Waals surface area contributed by atoms with Crippen LogP contribution < -0.4 is 11.2 Å². The van der Waals surface area contributed by atoms with Gasteiger partial charge in [-0.1, -0.05) is 24.6 Å². The molecule has 3 rings (SSSR count). The highest BCUT2D eigenvalue weighted by Gasteiger charge is 2.19. The van der Waals surface area contributed by atoms with Gasteiger partial charge in [-0.05, 0) is 18.9 Å². The summed E-state index contributed by atoms with van der Waals surface area (Å²) < 4.78 is 1.06. The van der Waals surface area contributed by atoms with Crippen molar-refractivity contribution in [2.45, 2.75) is 19.3 Å². The third-order valence-electron chi connectivity index (χ3n) is 3.46. The summed E-state index contributed by atoms with van der Waals surface area (Å²) in [7, 11) is 0. The fourth-order valence-corrected chi connectivity index (χ4v) is 3.45. The first-order chi connectivity index (χ1) is 9.25. The molecule has 1 fully saturated rings. The van der Waals surface area contributed by atoms with Crippen molar-refractivity contribution in [1.29, 1.82) is 0 Å². The number of nitrogens with zero attached hydrogens (tertiary/aromatic N) is 1. The van der Waals surface area contributed by atoms with Gasteiger partial charge in [0.2, 0.25) is 0 Å². The van der Waals surface area contributed by atoms with E-state index in [1.54, 1.807) is 0 Å². The number of nitrogens with two attached hydrogens (primary N) is 1. The van der Waals surface area contributed by atoms with Crippen LogP contribution in [0.25, 0.3) is 10.1 Å². The predicted molar refractivity (Wildman–Crippen MR) is 79.1 cm³/mol. The number of hydrogen-bond acceptors (Lipinski definition) is 4. The van der Waals surface area contributed by atoms with Crippen LogP contribution in [0.3, 0.4) is 0 Å². The van der Waals surface area contributed by atoms with Crippen LogP contribution in [-0.2, 0) is 0 Å². The molecule has 0 saturated carbocycles. The molecule has 2 aromatic rings. The number of anilines is 1. The molecule has 19 heavy (non-hydrogen) atoms. The Morgan fingerprint density at radius 1 is 1.21 bits per heavy atom. The number of rotatable bonds is 2. The van der Waals surface area contributed by atoms with Crippen LogP contribution in [-0.4, -0.2) is 24.0 Å². The van der Waals surface area contributed by atoms with Crippen molar-refractivity contribution in [2.75, 3.05) is 18.8 Å². The lowest BCUT2D eigenvalue weighted by molar-refractivity contribution is 0.0755. The minimum Gasteiger partial charge on any atom is -0.397 e. The summed E-state index contributed by atoms with van der Waals surface area (Å²) in [5.74, 6) is -0.0828. The highest BCUT2D eigenvalue weighted by molar-refractivity contribution is 7.21. The van der Waals surface area contributed by atoms with Gasteiger partial charge in [0.1, 0.15) is 4.88 Å². The third kappa shape index (κ3) is 2.43. The Bertz CT molecular complexity index is 602. The number of thiophene rings is 1. The van der Waals surface area contributed by atoms with Gasteiger partial charge in [-0.25, -0.2) is 5.01 Å². The Morgan fingerprint density at radius 3 is 2.68 bits per heavy atom. The molecule has 2 heterocycles. The highest BCUT2D eigenvalue weighted by Crippen LogP contribution is 2.33. The van der Waals surface area contributed by atoms with Crippen LogP contribution in [0.4, 0.5) is 5.69 Å². The molecule has 1 aliphatic heterocycles. The molecule has 0 spiro atoms. The average molecular weight is 275 g/mol. The van der Waals surface area contributed by atoms with Crippen molar-refractivity contribution < 1.29 is 4.79 Å². The zero-order valence-corrected chi connectivity index (χ0v) is 11.5. The van der Waals surface area contributed by atoms with E-state index in [2.05, 4.69) is 5.43 Å². The lowest BCUT2D eigenvalue weighted by Gasteiger charge is -2.26. The van der Waals surface area contributed by atoms with E-state index in [9.17, 15) is 4.79 Å². The van der Waals surface area contributed by atoms with E-state index in [-0.39, 0.29) is 5.91 Å². The predicted octanol–water partition coefficient (Wildman–Crippen LogP) is 2.61. The molecule has 3 N–H and O–H groups in total. The van der Waals surface area contributed by atoms with Gasteiger partial charge in [0.25, 0.3) is 5.91 Å². The maximum Gasteiger partial charge on any atom is 0.277 e. The Labute approximate surface area is 116 Å². The fraction of sp³-hybridized carbons (Fsp3) is 0.357. The summed E-state index contributed by atoms with van der Waals surface area (Å²) in [5.41, 5.74) is 9.63. The Hall–Kier alpha value is -1.59. The van der Waals surface area contributed by atoms with Crippen molar-refractivity contribution in [3.05, 3.63) is 29.1 Å².